The number of fused-ring (bicyclic) bond motifs is 1. The monoisotopic (exact) mass is 414 g/mol. The topological polar surface area (TPSA) is 57.7 Å². The average molecular weight is 415 g/mol. The highest BCUT2D eigenvalue weighted by Crippen LogP contribution is 2.26. The number of nitrogens with one attached hydrogen (secondary N) is 1. The van der Waals surface area contributed by atoms with Gasteiger partial charge in [-0.05, 0) is 30.3 Å². The Morgan fingerprint density at radius 2 is 1.86 bits per heavy atom. The molecular weight excluding hydrogens is 391 g/mol. The van der Waals surface area contributed by atoms with E-state index in [1.165, 1.54) is 23.5 Å². The minimum atomic E-state index is -0.300. The number of piperazine rings is 1. The van der Waals surface area contributed by atoms with Gasteiger partial charge in [0, 0.05) is 32.7 Å². The zero-order valence-electron chi connectivity index (χ0n) is 16.0. The molecule has 2 aromatic carbocycles. The molecule has 0 spiro atoms. The van der Waals surface area contributed by atoms with Crippen LogP contribution in [0.15, 0.2) is 48.5 Å². The molecule has 1 N–H and O–H groups in total. The summed E-state index contributed by atoms with van der Waals surface area (Å²) in [5.74, 6) is 0.497. The molecule has 29 heavy (non-hydrogen) atoms. The summed E-state index contributed by atoms with van der Waals surface area (Å²) in [5.41, 5.74) is 0.693. The minimum absolute atomic E-state index is 0.0922. The third-order valence-electron chi connectivity index (χ3n) is 4.85. The Kier molecular flexibility index (Phi) is 6.33. The maximum atomic E-state index is 13.3. The Hall–Kier alpha value is -2.55. The summed E-state index contributed by atoms with van der Waals surface area (Å²) in [6.45, 7) is 5.35. The highest BCUT2D eigenvalue weighted by atomic mass is 32.1. The number of carbonyl (C=O) groups excluding carboxylic acids is 1. The van der Waals surface area contributed by atoms with Crippen molar-refractivity contribution in [1.29, 1.82) is 0 Å². The molecule has 0 radical (unpaired) electrons. The van der Waals surface area contributed by atoms with Crippen molar-refractivity contribution in [3.63, 3.8) is 0 Å². The van der Waals surface area contributed by atoms with Crippen molar-refractivity contribution >= 4 is 32.6 Å². The van der Waals surface area contributed by atoms with E-state index in [-0.39, 0.29) is 11.7 Å². The Balaban J connectivity index is 1.18. The first-order valence-electron chi connectivity index (χ1n) is 9.64. The zero-order chi connectivity index (χ0) is 20.1. The summed E-state index contributed by atoms with van der Waals surface area (Å²) in [5, 5.41) is 3.34. The van der Waals surface area contributed by atoms with Crippen LogP contribution in [-0.4, -0.2) is 66.6 Å². The summed E-state index contributed by atoms with van der Waals surface area (Å²) in [6.07, 6.45) is 0. The molecule has 4 rings (SSSR count). The van der Waals surface area contributed by atoms with Crippen molar-refractivity contribution in [3.8, 4) is 5.75 Å². The number of anilines is 1. The first kappa shape index (κ1) is 19.8. The standard InChI is InChI=1S/C21H23FN4O2S/c22-16-6-7-18-19(14-16)29-21(23-18)24-20(27)15-26-10-8-25(9-11-26)12-13-28-17-4-2-1-3-5-17/h1-7,14H,8-13,15H2,(H,23,24,27). The SMILES string of the molecule is O=C(CN1CCN(CCOc2ccccc2)CC1)Nc1nc2ccc(F)cc2s1. The third-order valence-corrected chi connectivity index (χ3v) is 5.78. The first-order valence-corrected chi connectivity index (χ1v) is 10.5. The maximum absolute atomic E-state index is 13.3. The molecule has 0 aliphatic carbocycles. The highest BCUT2D eigenvalue weighted by Gasteiger charge is 2.19. The van der Waals surface area contributed by atoms with Crippen LogP contribution in [0, 0.1) is 5.82 Å². The number of hydrogen-bond acceptors (Lipinski definition) is 6. The van der Waals surface area contributed by atoms with Crippen LogP contribution in [0.4, 0.5) is 9.52 Å². The first-order chi connectivity index (χ1) is 14.2. The number of nitrogens with zero attached hydrogens (tertiary/aromatic N) is 3. The van der Waals surface area contributed by atoms with E-state index in [9.17, 15) is 9.18 Å². The lowest BCUT2D eigenvalue weighted by molar-refractivity contribution is -0.117. The van der Waals surface area contributed by atoms with Crippen molar-refractivity contribution in [2.24, 2.45) is 0 Å². The van der Waals surface area contributed by atoms with Gasteiger partial charge in [0.25, 0.3) is 0 Å². The lowest BCUT2D eigenvalue weighted by Crippen LogP contribution is -2.49. The highest BCUT2D eigenvalue weighted by molar-refractivity contribution is 7.22. The van der Waals surface area contributed by atoms with Crippen LogP contribution >= 0.6 is 11.3 Å². The van der Waals surface area contributed by atoms with Crippen molar-refractivity contribution in [2.45, 2.75) is 0 Å². The maximum Gasteiger partial charge on any atom is 0.240 e. The number of amides is 1. The van der Waals surface area contributed by atoms with Crippen molar-refractivity contribution in [2.75, 3.05) is 51.2 Å². The van der Waals surface area contributed by atoms with Crippen molar-refractivity contribution in [1.82, 2.24) is 14.8 Å². The summed E-state index contributed by atoms with van der Waals surface area (Å²) in [7, 11) is 0. The Bertz CT molecular complexity index is 958. The van der Waals surface area contributed by atoms with Gasteiger partial charge in [-0.1, -0.05) is 29.5 Å². The van der Waals surface area contributed by atoms with Crippen LogP contribution in [-0.2, 0) is 4.79 Å². The minimum Gasteiger partial charge on any atom is -0.492 e. The second-order valence-corrected chi connectivity index (χ2v) is 7.99. The number of ether oxygens (including phenoxy) is 1. The van der Waals surface area contributed by atoms with Gasteiger partial charge in [0.15, 0.2) is 5.13 Å². The molecular formula is C21H23FN4O2S. The van der Waals surface area contributed by atoms with Crippen molar-refractivity contribution in [3.05, 3.63) is 54.3 Å². The third kappa shape index (κ3) is 5.50. The molecule has 0 unspecified atom stereocenters. The molecule has 3 aromatic rings. The van der Waals surface area contributed by atoms with E-state index in [1.54, 1.807) is 6.07 Å². The molecule has 1 amide bonds. The van der Waals surface area contributed by atoms with Gasteiger partial charge in [-0.2, -0.15) is 0 Å². The normalized spacial score (nSPS) is 15.5. The second-order valence-electron chi connectivity index (χ2n) is 6.96. The Morgan fingerprint density at radius 1 is 1.10 bits per heavy atom. The van der Waals surface area contributed by atoms with Crippen LogP contribution in [0.3, 0.4) is 0 Å². The van der Waals surface area contributed by atoms with E-state index in [4.69, 9.17) is 4.74 Å². The Labute approximate surface area is 172 Å². The van der Waals surface area contributed by atoms with Crippen LogP contribution in [0.1, 0.15) is 0 Å². The van der Waals surface area contributed by atoms with E-state index in [0.29, 0.717) is 23.8 Å². The van der Waals surface area contributed by atoms with Gasteiger partial charge < -0.3 is 10.1 Å². The summed E-state index contributed by atoms with van der Waals surface area (Å²) in [4.78, 5) is 21.2. The van der Waals surface area contributed by atoms with Crippen LogP contribution < -0.4 is 10.1 Å². The molecule has 1 aromatic heterocycles. The van der Waals surface area contributed by atoms with Gasteiger partial charge in [-0.15, -0.1) is 0 Å². The number of benzene rings is 2. The van der Waals surface area contributed by atoms with Gasteiger partial charge in [0.2, 0.25) is 5.91 Å². The number of thiazole rings is 1. The number of hydrogen-bond donors (Lipinski definition) is 1. The molecule has 0 saturated carbocycles. The molecule has 0 atom stereocenters. The lowest BCUT2D eigenvalue weighted by atomic mass is 10.3. The van der Waals surface area contributed by atoms with Gasteiger partial charge in [0.05, 0.1) is 16.8 Å². The van der Waals surface area contributed by atoms with E-state index < -0.39 is 0 Å². The number of carbonyl (C=O) groups is 1. The lowest BCUT2D eigenvalue weighted by Gasteiger charge is -2.34. The summed E-state index contributed by atoms with van der Waals surface area (Å²) in [6, 6.07) is 14.2. The number of para-hydroxylation sites is 1. The van der Waals surface area contributed by atoms with Gasteiger partial charge in [0.1, 0.15) is 18.2 Å². The molecule has 1 aliphatic rings. The largest absolute Gasteiger partial charge is 0.492 e. The molecule has 2 heterocycles. The van der Waals surface area contributed by atoms with E-state index in [1.807, 2.05) is 30.3 Å². The molecule has 6 nitrogen and oxygen atoms in total. The van der Waals surface area contributed by atoms with Crippen LogP contribution in [0.5, 0.6) is 5.75 Å². The number of aromatic nitrogens is 1. The second kappa shape index (κ2) is 9.30. The molecule has 0 bridgehead atoms. The predicted octanol–water partition coefficient (Wildman–Crippen LogP) is 3.07. The van der Waals surface area contributed by atoms with E-state index in [2.05, 4.69) is 20.1 Å². The fraction of sp³-hybridized carbons (Fsp3) is 0.333. The summed E-state index contributed by atoms with van der Waals surface area (Å²) >= 11 is 1.29. The quantitative estimate of drug-likeness (QED) is 0.644. The fourth-order valence-electron chi connectivity index (χ4n) is 3.29. The van der Waals surface area contributed by atoms with Crippen LogP contribution in [0.2, 0.25) is 0 Å². The van der Waals surface area contributed by atoms with Crippen molar-refractivity contribution < 1.29 is 13.9 Å². The predicted molar refractivity (Wildman–Crippen MR) is 113 cm³/mol. The van der Waals surface area contributed by atoms with Crippen LogP contribution in [0.25, 0.3) is 10.2 Å². The van der Waals surface area contributed by atoms with Gasteiger partial charge in [-0.25, -0.2) is 9.37 Å². The average Bonchev–Trinajstić information content (AvgIpc) is 3.11. The number of rotatable bonds is 7. The zero-order valence-corrected chi connectivity index (χ0v) is 16.8. The molecule has 8 heteroatoms. The number of halogens is 1. The fourth-order valence-corrected chi connectivity index (χ4v) is 4.20. The molecule has 1 saturated heterocycles. The van der Waals surface area contributed by atoms with Gasteiger partial charge in [-0.3, -0.25) is 14.6 Å². The smallest absolute Gasteiger partial charge is 0.240 e. The molecule has 1 aliphatic heterocycles. The molecule has 1 fully saturated rings. The summed E-state index contributed by atoms with van der Waals surface area (Å²) < 4.78 is 19.8. The van der Waals surface area contributed by atoms with E-state index >= 15 is 0 Å². The molecule has 152 valence electrons. The van der Waals surface area contributed by atoms with E-state index in [0.717, 1.165) is 43.2 Å². The van der Waals surface area contributed by atoms with Gasteiger partial charge >= 0.3 is 0 Å². The Morgan fingerprint density at radius 3 is 2.66 bits per heavy atom.